The fourth-order valence-electron chi connectivity index (χ4n) is 1.31. The van der Waals surface area contributed by atoms with Gasteiger partial charge in [0.2, 0.25) is 0 Å². The van der Waals surface area contributed by atoms with Crippen molar-refractivity contribution in [2.24, 2.45) is 11.8 Å². The first-order valence-corrected chi connectivity index (χ1v) is 7.60. The molecule has 0 rings (SSSR count). The monoisotopic (exact) mass is 231 g/mol. The molecule has 0 aliphatic heterocycles. The first-order chi connectivity index (χ1) is 7.16. The predicted octanol–water partition coefficient (Wildman–Crippen LogP) is 3.79. The zero-order valence-corrected chi connectivity index (χ0v) is 11.8. The summed E-state index contributed by atoms with van der Waals surface area (Å²) >= 11 is 2.09. The Balaban J connectivity index is 2.99. The third-order valence-electron chi connectivity index (χ3n) is 2.66. The Morgan fingerprint density at radius 2 is 1.87 bits per heavy atom. The van der Waals surface area contributed by atoms with Crippen LogP contribution in [0, 0.1) is 11.8 Å². The average molecular weight is 231 g/mol. The summed E-state index contributed by atoms with van der Waals surface area (Å²) in [6.07, 6.45) is 4.00. The molecule has 2 heteroatoms. The van der Waals surface area contributed by atoms with E-state index in [2.05, 4.69) is 44.8 Å². The standard InChI is InChI=1S/C13H29NS/c1-5-13(4)11-15-10-9-14-8-6-7-12(2)3/h12-14H,5-11H2,1-4H3. The van der Waals surface area contributed by atoms with Gasteiger partial charge >= 0.3 is 0 Å². The second kappa shape index (κ2) is 10.8. The van der Waals surface area contributed by atoms with Gasteiger partial charge < -0.3 is 5.32 Å². The Labute approximate surface area is 101 Å². The van der Waals surface area contributed by atoms with Crippen LogP contribution < -0.4 is 5.32 Å². The molecular weight excluding hydrogens is 202 g/mol. The topological polar surface area (TPSA) is 12.0 Å². The summed E-state index contributed by atoms with van der Waals surface area (Å²) in [6.45, 7) is 11.6. The minimum atomic E-state index is 0.853. The molecule has 0 aromatic rings. The quantitative estimate of drug-likeness (QED) is 0.574. The van der Waals surface area contributed by atoms with Crippen LogP contribution in [0.4, 0.5) is 0 Å². The van der Waals surface area contributed by atoms with Crippen molar-refractivity contribution in [1.29, 1.82) is 0 Å². The van der Waals surface area contributed by atoms with Crippen LogP contribution in [0.3, 0.4) is 0 Å². The number of nitrogens with one attached hydrogen (secondary N) is 1. The minimum Gasteiger partial charge on any atom is -0.316 e. The van der Waals surface area contributed by atoms with Crippen molar-refractivity contribution < 1.29 is 0 Å². The summed E-state index contributed by atoms with van der Waals surface area (Å²) in [5, 5.41) is 3.51. The maximum Gasteiger partial charge on any atom is 0.00582 e. The van der Waals surface area contributed by atoms with Crippen molar-refractivity contribution in [3.63, 3.8) is 0 Å². The van der Waals surface area contributed by atoms with Gasteiger partial charge in [-0.2, -0.15) is 11.8 Å². The van der Waals surface area contributed by atoms with Gasteiger partial charge in [0, 0.05) is 12.3 Å². The largest absolute Gasteiger partial charge is 0.316 e. The molecule has 0 amide bonds. The SMILES string of the molecule is CCC(C)CSCCNCCCC(C)C. The lowest BCUT2D eigenvalue weighted by Crippen LogP contribution is -2.19. The number of hydrogen-bond acceptors (Lipinski definition) is 2. The Kier molecular flexibility index (Phi) is 11.0. The van der Waals surface area contributed by atoms with E-state index >= 15 is 0 Å². The van der Waals surface area contributed by atoms with E-state index in [1.165, 1.54) is 43.9 Å². The highest BCUT2D eigenvalue weighted by atomic mass is 32.2. The molecule has 1 N–H and O–H groups in total. The fraction of sp³-hybridized carbons (Fsp3) is 1.00. The van der Waals surface area contributed by atoms with E-state index in [0.29, 0.717) is 0 Å². The van der Waals surface area contributed by atoms with E-state index in [9.17, 15) is 0 Å². The van der Waals surface area contributed by atoms with Crippen molar-refractivity contribution in [2.75, 3.05) is 24.6 Å². The molecule has 0 saturated carbocycles. The molecule has 1 atom stereocenters. The van der Waals surface area contributed by atoms with Crippen molar-refractivity contribution in [3.05, 3.63) is 0 Å². The zero-order chi connectivity index (χ0) is 11.5. The lowest BCUT2D eigenvalue weighted by molar-refractivity contribution is 0.534. The summed E-state index contributed by atoms with van der Waals surface area (Å²) < 4.78 is 0. The molecule has 0 aromatic carbocycles. The van der Waals surface area contributed by atoms with Crippen LogP contribution >= 0.6 is 11.8 Å². The summed E-state index contributed by atoms with van der Waals surface area (Å²) in [5.74, 6) is 4.33. The molecule has 0 fully saturated rings. The van der Waals surface area contributed by atoms with Gasteiger partial charge in [-0.15, -0.1) is 0 Å². The second-order valence-electron chi connectivity index (χ2n) is 4.87. The van der Waals surface area contributed by atoms with Crippen LogP contribution in [-0.2, 0) is 0 Å². The van der Waals surface area contributed by atoms with Crippen molar-refractivity contribution in [3.8, 4) is 0 Å². The van der Waals surface area contributed by atoms with E-state index in [1.807, 2.05) is 0 Å². The number of rotatable bonds is 10. The van der Waals surface area contributed by atoms with E-state index in [4.69, 9.17) is 0 Å². The predicted molar refractivity (Wildman–Crippen MR) is 73.7 cm³/mol. The highest BCUT2D eigenvalue weighted by Crippen LogP contribution is 2.10. The fourth-order valence-corrected chi connectivity index (χ4v) is 2.40. The van der Waals surface area contributed by atoms with Gasteiger partial charge in [-0.1, -0.05) is 34.1 Å². The lowest BCUT2D eigenvalue weighted by atomic mass is 10.1. The third-order valence-corrected chi connectivity index (χ3v) is 3.96. The normalized spacial score (nSPS) is 13.4. The van der Waals surface area contributed by atoms with Crippen molar-refractivity contribution >= 4 is 11.8 Å². The Bertz CT molecular complexity index is 126. The van der Waals surface area contributed by atoms with Gasteiger partial charge in [0.05, 0.1) is 0 Å². The highest BCUT2D eigenvalue weighted by Gasteiger charge is 1.98. The molecular formula is C13H29NS. The highest BCUT2D eigenvalue weighted by molar-refractivity contribution is 7.99. The molecule has 1 nitrogen and oxygen atoms in total. The molecule has 0 saturated heterocycles. The van der Waals surface area contributed by atoms with Gasteiger partial charge in [0.1, 0.15) is 0 Å². The third kappa shape index (κ3) is 12.2. The minimum absolute atomic E-state index is 0.853. The van der Waals surface area contributed by atoms with Gasteiger partial charge in [0.15, 0.2) is 0 Å². The van der Waals surface area contributed by atoms with Gasteiger partial charge in [0.25, 0.3) is 0 Å². The summed E-state index contributed by atoms with van der Waals surface area (Å²) in [6, 6.07) is 0. The summed E-state index contributed by atoms with van der Waals surface area (Å²) in [5.41, 5.74) is 0. The lowest BCUT2D eigenvalue weighted by Gasteiger charge is -2.08. The smallest absolute Gasteiger partial charge is 0.00582 e. The maximum absolute atomic E-state index is 3.51. The Hall–Kier alpha value is 0.310. The van der Waals surface area contributed by atoms with E-state index < -0.39 is 0 Å². The van der Waals surface area contributed by atoms with Crippen molar-refractivity contribution in [1.82, 2.24) is 5.32 Å². The van der Waals surface area contributed by atoms with Crippen molar-refractivity contribution in [2.45, 2.75) is 47.0 Å². The first kappa shape index (κ1) is 15.3. The summed E-state index contributed by atoms with van der Waals surface area (Å²) in [4.78, 5) is 0. The zero-order valence-electron chi connectivity index (χ0n) is 11.0. The van der Waals surface area contributed by atoms with Gasteiger partial charge in [-0.3, -0.25) is 0 Å². The molecule has 0 bridgehead atoms. The van der Waals surface area contributed by atoms with E-state index in [0.717, 1.165) is 11.8 Å². The van der Waals surface area contributed by atoms with Crippen LogP contribution in [0.2, 0.25) is 0 Å². The average Bonchev–Trinajstić information content (AvgIpc) is 2.21. The van der Waals surface area contributed by atoms with E-state index in [1.54, 1.807) is 0 Å². The van der Waals surface area contributed by atoms with Crippen LogP contribution in [0.25, 0.3) is 0 Å². The number of hydrogen-bond donors (Lipinski definition) is 1. The molecule has 0 radical (unpaired) electrons. The molecule has 1 unspecified atom stereocenters. The Morgan fingerprint density at radius 1 is 1.13 bits per heavy atom. The summed E-state index contributed by atoms with van der Waals surface area (Å²) in [7, 11) is 0. The van der Waals surface area contributed by atoms with E-state index in [-0.39, 0.29) is 0 Å². The first-order valence-electron chi connectivity index (χ1n) is 6.45. The maximum atomic E-state index is 3.51. The van der Waals surface area contributed by atoms with Crippen LogP contribution in [0.15, 0.2) is 0 Å². The van der Waals surface area contributed by atoms with Gasteiger partial charge in [-0.25, -0.2) is 0 Å². The number of thioether (sulfide) groups is 1. The van der Waals surface area contributed by atoms with Gasteiger partial charge in [-0.05, 0) is 37.0 Å². The molecule has 0 aliphatic carbocycles. The molecule has 0 spiro atoms. The Morgan fingerprint density at radius 3 is 2.47 bits per heavy atom. The van der Waals surface area contributed by atoms with Crippen LogP contribution in [0.5, 0.6) is 0 Å². The molecule has 15 heavy (non-hydrogen) atoms. The molecule has 0 aromatic heterocycles. The molecule has 92 valence electrons. The second-order valence-corrected chi connectivity index (χ2v) is 6.02. The molecule has 0 aliphatic rings. The van der Waals surface area contributed by atoms with Crippen LogP contribution in [0.1, 0.15) is 47.0 Å². The molecule has 0 heterocycles. The van der Waals surface area contributed by atoms with Crippen LogP contribution in [-0.4, -0.2) is 24.6 Å².